The molecule has 162 valence electrons. The van der Waals surface area contributed by atoms with Crippen LogP contribution in [0, 0.1) is 23.0 Å². The number of nitriles is 1. The number of pyridine rings is 1. The summed E-state index contributed by atoms with van der Waals surface area (Å²) in [6.45, 7) is 4.81. The molecule has 1 heterocycles. The van der Waals surface area contributed by atoms with Crippen molar-refractivity contribution in [1.29, 1.82) is 5.26 Å². The highest BCUT2D eigenvalue weighted by molar-refractivity contribution is 5.77. The SMILES string of the molecule is CCN(/C(C)=C/NC(=O)CCNC1(c2cccc(F)c2F)CC1)c1ccc(C#N)cn1. The van der Waals surface area contributed by atoms with Gasteiger partial charge in [0.1, 0.15) is 11.9 Å². The maximum atomic E-state index is 14.1. The molecule has 1 aliphatic carbocycles. The number of carbonyl (C=O) groups is 1. The highest BCUT2D eigenvalue weighted by atomic mass is 19.2. The molecule has 1 fully saturated rings. The Morgan fingerprint density at radius 2 is 2.10 bits per heavy atom. The van der Waals surface area contributed by atoms with Gasteiger partial charge in [-0.05, 0) is 44.9 Å². The molecule has 2 aromatic rings. The molecule has 8 heteroatoms. The van der Waals surface area contributed by atoms with Crippen molar-refractivity contribution >= 4 is 11.7 Å². The van der Waals surface area contributed by atoms with E-state index in [0.717, 1.165) is 11.8 Å². The van der Waals surface area contributed by atoms with Gasteiger partial charge in [-0.15, -0.1) is 0 Å². The molecule has 3 rings (SSSR count). The van der Waals surface area contributed by atoms with Crippen molar-refractivity contribution in [2.24, 2.45) is 0 Å². The van der Waals surface area contributed by atoms with E-state index in [1.54, 1.807) is 24.4 Å². The summed E-state index contributed by atoms with van der Waals surface area (Å²) in [7, 11) is 0. The normalized spacial score (nSPS) is 14.6. The lowest BCUT2D eigenvalue weighted by Gasteiger charge is -2.22. The first-order chi connectivity index (χ1) is 14.9. The van der Waals surface area contributed by atoms with E-state index in [2.05, 4.69) is 15.6 Å². The number of halogens is 2. The zero-order valence-corrected chi connectivity index (χ0v) is 17.6. The van der Waals surface area contributed by atoms with Crippen LogP contribution in [0.2, 0.25) is 0 Å². The van der Waals surface area contributed by atoms with Crippen LogP contribution in [0.25, 0.3) is 0 Å². The molecule has 0 saturated heterocycles. The highest BCUT2D eigenvalue weighted by Crippen LogP contribution is 2.46. The van der Waals surface area contributed by atoms with Gasteiger partial charge in [0.15, 0.2) is 11.6 Å². The summed E-state index contributed by atoms with van der Waals surface area (Å²) in [6.07, 6.45) is 4.73. The first kappa shape index (κ1) is 22.4. The van der Waals surface area contributed by atoms with Crippen molar-refractivity contribution in [3.63, 3.8) is 0 Å². The van der Waals surface area contributed by atoms with Crippen LogP contribution in [-0.2, 0) is 10.3 Å². The third kappa shape index (κ3) is 5.25. The van der Waals surface area contributed by atoms with Gasteiger partial charge < -0.3 is 15.5 Å². The minimum atomic E-state index is -0.860. The molecule has 0 atom stereocenters. The average Bonchev–Trinajstić information content (AvgIpc) is 3.56. The number of rotatable bonds is 9. The number of hydrogen-bond acceptors (Lipinski definition) is 5. The van der Waals surface area contributed by atoms with Crippen LogP contribution in [0.15, 0.2) is 48.4 Å². The van der Waals surface area contributed by atoms with E-state index in [1.165, 1.54) is 12.3 Å². The Morgan fingerprint density at radius 1 is 1.32 bits per heavy atom. The lowest BCUT2D eigenvalue weighted by Crippen LogP contribution is -2.33. The summed E-state index contributed by atoms with van der Waals surface area (Å²) >= 11 is 0. The minimum Gasteiger partial charge on any atom is -0.331 e. The largest absolute Gasteiger partial charge is 0.331 e. The van der Waals surface area contributed by atoms with Crippen LogP contribution in [0.3, 0.4) is 0 Å². The first-order valence-electron chi connectivity index (χ1n) is 10.2. The summed E-state index contributed by atoms with van der Waals surface area (Å²) in [5.41, 5.74) is 1.01. The lowest BCUT2D eigenvalue weighted by atomic mass is 10.0. The maximum absolute atomic E-state index is 14.1. The molecule has 0 aliphatic heterocycles. The number of aromatic nitrogens is 1. The molecule has 1 saturated carbocycles. The predicted octanol–water partition coefficient (Wildman–Crippen LogP) is 3.70. The van der Waals surface area contributed by atoms with Crippen molar-refractivity contribution in [2.45, 2.75) is 38.6 Å². The van der Waals surface area contributed by atoms with Crippen molar-refractivity contribution in [2.75, 3.05) is 18.0 Å². The summed E-state index contributed by atoms with van der Waals surface area (Å²) in [5, 5.41) is 14.9. The Hall–Kier alpha value is -3.31. The minimum absolute atomic E-state index is 0.189. The van der Waals surface area contributed by atoms with Crippen molar-refractivity contribution < 1.29 is 13.6 Å². The van der Waals surface area contributed by atoms with Gasteiger partial charge >= 0.3 is 0 Å². The van der Waals surface area contributed by atoms with E-state index in [1.807, 2.05) is 24.8 Å². The Bertz CT molecular complexity index is 1010. The number of allylic oxidation sites excluding steroid dienone is 1. The fourth-order valence-corrected chi connectivity index (χ4v) is 3.49. The van der Waals surface area contributed by atoms with Crippen LogP contribution in [0.5, 0.6) is 0 Å². The number of nitrogens with one attached hydrogen (secondary N) is 2. The van der Waals surface area contributed by atoms with E-state index in [9.17, 15) is 13.6 Å². The maximum Gasteiger partial charge on any atom is 0.225 e. The van der Waals surface area contributed by atoms with Crippen LogP contribution in [0.4, 0.5) is 14.6 Å². The molecular weight excluding hydrogens is 400 g/mol. The van der Waals surface area contributed by atoms with E-state index >= 15 is 0 Å². The molecule has 0 bridgehead atoms. The van der Waals surface area contributed by atoms with Crippen molar-refractivity contribution in [3.05, 3.63) is 71.2 Å². The standard InChI is InChI=1S/C23H25F2N5O/c1-3-30(20-8-7-17(13-26)15-27-20)16(2)14-28-21(31)9-12-29-23(10-11-23)18-5-4-6-19(24)22(18)25/h4-8,14-15,29H,3,9-12H2,1-2H3,(H,28,31)/b16-14+. The van der Waals surface area contributed by atoms with Gasteiger partial charge in [-0.25, -0.2) is 13.8 Å². The Balaban J connectivity index is 1.52. The van der Waals surface area contributed by atoms with Crippen molar-refractivity contribution in [3.8, 4) is 6.07 Å². The quantitative estimate of drug-likeness (QED) is 0.640. The zero-order valence-electron chi connectivity index (χ0n) is 17.6. The van der Waals surface area contributed by atoms with E-state index in [4.69, 9.17) is 5.26 Å². The van der Waals surface area contributed by atoms with Gasteiger partial charge in [-0.1, -0.05) is 12.1 Å². The first-order valence-corrected chi connectivity index (χ1v) is 10.2. The topological polar surface area (TPSA) is 81.0 Å². The Morgan fingerprint density at radius 3 is 2.71 bits per heavy atom. The molecule has 1 aromatic heterocycles. The fourth-order valence-electron chi connectivity index (χ4n) is 3.49. The number of hydrogen-bond donors (Lipinski definition) is 2. The number of carbonyl (C=O) groups excluding carboxylic acids is 1. The number of nitrogens with zero attached hydrogens (tertiary/aromatic N) is 3. The molecule has 0 unspecified atom stereocenters. The molecule has 6 nitrogen and oxygen atoms in total. The van der Waals surface area contributed by atoms with Crippen LogP contribution in [-0.4, -0.2) is 24.0 Å². The summed E-state index contributed by atoms with van der Waals surface area (Å²) in [5.74, 6) is -1.20. The zero-order chi connectivity index (χ0) is 22.4. The van der Waals surface area contributed by atoms with Gasteiger partial charge in [0, 0.05) is 48.7 Å². The van der Waals surface area contributed by atoms with Crippen LogP contribution in [0.1, 0.15) is 44.2 Å². The molecule has 1 aromatic carbocycles. The number of anilines is 1. The summed E-state index contributed by atoms with van der Waals surface area (Å²) in [6, 6.07) is 9.66. The second kappa shape index (κ2) is 9.67. The van der Waals surface area contributed by atoms with Crippen molar-refractivity contribution in [1.82, 2.24) is 15.6 Å². The molecule has 0 radical (unpaired) electrons. The van der Waals surface area contributed by atoms with Crippen LogP contribution >= 0.6 is 0 Å². The van der Waals surface area contributed by atoms with E-state index in [0.29, 0.717) is 42.9 Å². The second-order valence-corrected chi connectivity index (χ2v) is 7.47. The molecule has 31 heavy (non-hydrogen) atoms. The molecular formula is C23H25F2N5O. The van der Waals surface area contributed by atoms with E-state index < -0.39 is 17.2 Å². The Labute approximate surface area is 180 Å². The highest BCUT2D eigenvalue weighted by Gasteiger charge is 2.46. The van der Waals surface area contributed by atoms with Gasteiger partial charge in [0.05, 0.1) is 5.56 Å². The van der Waals surface area contributed by atoms with Crippen LogP contribution < -0.4 is 15.5 Å². The third-order valence-electron chi connectivity index (χ3n) is 5.37. The fraction of sp³-hybridized carbons (Fsp3) is 0.348. The number of benzene rings is 1. The molecule has 2 N–H and O–H groups in total. The third-order valence-corrected chi connectivity index (χ3v) is 5.37. The lowest BCUT2D eigenvalue weighted by molar-refractivity contribution is -0.120. The smallest absolute Gasteiger partial charge is 0.225 e. The number of amides is 1. The molecule has 1 aliphatic rings. The van der Waals surface area contributed by atoms with E-state index in [-0.39, 0.29) is 12.3 Å². The van der Waals surface area contributed by atoms with Gasteiger partial charge in [-0.3, -0.25) is 4.79 Å². The van der Waals surface area contributed by atoms with Gasteiger partial charge in [0.2, 0.25) is 5.91 Å². The monoisotopic (exact) mass is 425 g/mol. The summed E-state index contributed by atoms with van der Waals surface area (Å²) in [4.78, 5) is 18.4. The van der Waals surface area contributed by atoms with Gasteiger partial charge in [0.25, 0.3) is 0 Å². The van der Waals surface area contributed by atoms with Gasteiger partial charge in [-0.2, -0.15) is 5.26 Å². The second-order valence-electron chi connectivity index (χ2n) is 7.47. The summed E-state index contributed by atoms with van der Waals surface area (Å²) < 4.78 is 27.6. The predicted molar refractivity (Wildman–Crippen MR) is 114 cm³/mol. The molecule has 0 spiro atoms. The Kier molecular flexibility index (Phi) is 6.98. The molecule has 1 amide bonds. The average molecular weight is 425 g/mol.